The Kier molecular flexibility index (Phi) is 5.94. The number of hydrogen-bond acceptors (Lipinski definition) is 5. The molecule has 0 amide bonds. The molecule has 0 aliphatic carbocycles. The molecule has 144 valence electrons. The van der Waals surface area contributed by atoms with Crippen LogP contribution < -0.4 is 0 Å². The number of fused-ring (bicyclic) bond motifs is 1. The number of rotatable bonds is 5. The van der Waals surface area contributed by atoms with Crippen molar-refractivity contribution >= 4 is 16.0 Å². The van der Waals surface area contributed by atoms with Crippen LogP contribution in [-0.2, 0) is 19.6 Å². The van der Waals surface area contributed by atoms with Gasteiger partial charge in [0.1, 0.15) is 5.82 Å². The SMILES string of the molecule is COC(=O)CCN1CCCC[C@H]2CN(S(=O)(=O)c3cccc(F)c3)C[C@H]21. The first-order valence-corrected chi connectivity index (χ1v) is 10.4. The van der Waals surface area contributed by atoms with Gasteiger partial charge in [0.2, 0.25) is 10.0 Å². The van der Waals surface area contributed by atoms with E-state index in [0.29, 0.717) is 26.1 Å². The molecular weight excluding hydrogens is 359 g/mol. The Labute approximate surface area is 154 Å². The Morgan fingerprint density at radius 2 is 2.12 bits per heavy atom. The third-order valence-corrected chi connectivity index (χ3v) is 7.20. The lowest BCUT2D eigenvalue weighted by Crippen LogP contribution is -2.42. The first-order chi connectivity index (χ1) is 12.4. The molecule has 26 heavy (non-hydrogen) atoms. The quantitative estimate of drug-likeness (QED) is 0.725. The van der Waals surface area contributed by atoms with Gasteiger partial charge in [-0.05, 0) is 43.5 Å². The minimum absolute atomic E-state index is 0.00456. The van der Waals surface area contributed by atoms with E-state index in [4.69, 9.17) is 4.74 Å². The van der Waals surface area contributed by atoms with E-state index in [0.717, 1.165) is 31.9 Å². The summed E-state index contributed by atoms with van der Waals surface area (Å²) in [6, 6.07) is 5.24. The van der Waals surface area contributed by atoms with Crippen LogP contribution >= 0.6 is 0 Å². The molecule has 2 atom stereocenters. The van der Waals surface area contributed by atoms with Crippen molar-refractivity contribution in [2.75, 3.05) is 33.3 Å². The predicted molar refractivity (Wildman–Crippen MR) is 94.5 cm³/mol. The zero-order valence-corrected chi connectivity index (χ0v) is 15.8. The van der Waals surface area contributed by atoms with Crippen molar-refractivity contribution in [2.45, 2.75) is 36.6 Å². The number of carbonyl (C=O) groups excluding carboxylic acids is 1. The topological polar surface area (TPSA) is 66.9 Å². The van der Waals surface area contributed by atoms with Gasteiger partial charge >= 0.3 is 5.97 Å². The van der Waals surface area contributed by atoms with Crippen molar-refractivity contribution in [1.82, 2.24) is 9.21 Å². The van der Waals surface area contributed by atoms with E-state index in [9.17, 15) is 17.6 Å². The van der Waals surface area contributed by atoms with Crippen molar-refractivity contribution in [2.24, 2.45) is 5.92 Å². The maximum absolute atomic E-state index is 13.5. The molecule has 0 spiro atoms. The van der Waals surface area contributed by atoms with E-state index in [1.165, 1.54) is 29.6 Å². The molecule has 0 radical (unpaired) electrons. The van der Waals surface area contributed by atoms with Crippen LogP contribution in [-0.4, -0.2) is 62.9 Å². The summed E-state index contributed by atoms with van der Waals surface area (Å²) in [5, 5.41) is 0. The second-order valence-corrected chi connectivity index (χ2v) is 8.90. The lowest BCUT2D eigenvalue weighted by Gasteiger charge is -2.29. The molecule has 1 aromatic carbocycles. The number of halogens is 1. The van der Waals surface area contributed by atoms with Crippen molar-refractivity contribution in [3.8, 4) is 0 Å². The average Bonchev–Trinajstić information content (AvgIpc) is 2.97. The minimum Gasteiger partial charge on any atom is -0.469 e. The van der Waals surface area contributed by atoms with E-state index in [-0.39, 0.29) is 22.8 Å². The smallest absolute Gasteiger partial charge is 0.306 e. The van der Waals surface area contributed by atoms with Gasteiger partial charge in [-0.1, -0.05) is 12.5 Å². The van der Waals surface area contributed by atoms with Gasteiger partial charge in [-0.25, -0.2) is 12.8 Å². The fraction of sp³-hybridized carbons (Fsp3) is 0.611. The summed E-state index contributed by atoms with van der Waals surface area (Å²) in [6.07, 6.45) is 3.36. The maximum atomic E-state index is 13.5. The second kappa shape index (κ2) is 8.02. The molecule has 0 aromatic heterocycles. The molecule has 1 aromatic rings. The number of sulfonamides is 1. The van der Waals surface area contributed by atoms with Crippen LogP contribution in [0.25, 0.3) is 0 Å². The van der Waals surface area contributed by atoms with Gasteiger partial charge in [0, 0.05) is 25.7 Å². The molecule has 8 heteroatoms. The first-order valence-electron chi connectivity index (χ1n) is 8.98. The van der Waals surface area contributed by atoms with Crippen LogP contribution in [0.4, 0.5) is 4.39 Å². The molecule has 3 rings (SSSR count). The van der Waals surface area contributed by atoms with Crippen LogP contribution in [0.3, 0.4) is 0 Å². The minimum atomic E-state index is -3.72. The summed E-state index contributed by atoms with van der Waals surface area (Å²) >= 11 is 0. The van der Waals surface area contributed by atoms with Crippen molar-refractivity contribution < 1.29 is 22.3 Å². The van der Waals surface area contributed by atoms with E-state index < -0.39 is 15.8 Å². The molecule has 0 N–H and O–H groups in total. The fourth-order valence-corrected chi connectivity index (χ4v) is 5.53. The molecule has 2 aliphatic heterocycles. The molecule has 0 saturated carbocycles. The molecule has 2 aliphatic rings. The van der Waals surface area contributed by atoms with Crippen LogP contribution in [0.2, 0.25) is 0 Å². The second-order valence-electron chi connectivity index (χ2n) is 6.96. The van der Waals surface area contributed by atoms with Crippen molar-refractivity contribution in [3.63, 3.8) is 0 Å². The zero-order valence-electron chi connectivity index (χ0n) is 14.9. The van der Waals surface area contributed by atoms with Gasteiger partial charge in [0.25, 0.3) is 0 Å². The average molecular weight is 384 g/mol. The summed E-state index contributed by atoms with van der Waals surface area (Å²) in [5.41, 5.74) is 0. The van der Waals surface area contributed by atoms with Crippen LogP contribution in [0.15, 0.2) is 29.2 Å². The Morgan fingerprint density at radius 1 is 1.31 bits per heavy atom. The van der Waals surface area contributed by atoms with Gasteiger partial charge in [-0.2, -0.15) is 4.31 Å². The Bertz CT molecular complexity index is 755. The van der Waals surface area contributed by atoms with Crippen LogP contribution in [0.5, 0.6) is 0 Å². The summed E-state index contributed by atoms with van der Waals surface area (Å²) in [7, 11) is -2.34. The summed E-state index contributed by atoms with van der Waals surface area (Å²) in [4.78, 5) is 13.7. The van der Waals surface area contributed by atoms with Gasteiger partial charge in [-0.15, -0.1) is 0 Å². The number of carbonyl (C=O) groups is 1. The molecule has 2 saturated heterocycles. The van der Waals surface area contributed by atoms with E-state index in [2.05, 4.69) is 4.90 Å². The lowest BCUT2D eigenvalue weighted by molar-refractivity contribution is -0.141. The van der Waals surface area contributed by atoms with Crippen LogP contribution in [0.1, 0.15) is 25.7 Å². The number of ether oxygens (including phenoxy) is 1. The highest BCUT2D eigenvalue weighted by molar-refractivity contribution is 7.89. The highest BCUT2D eigenvalue weighted by Gasteiger charge is 2.42. The highest BCUT2D eigenvalue weighted by Crippen LogP contribution is 2.33. The summed E-state index contributed by atoms with van der Waals surface area (Å²) in [5.74, 6) is -0.578. The number of hydrogen-bond donors (Lipinski definition) is 0. The molecular formula is C18H25FN2O4S. The van der Waals surface area contributed by atoms with Gasteiger partial charge < -0.3 is 4.74 Å². The Morgan fingerprint density at radius 3 is 2.85 bits per heavy atom. The number of likely N-dealkylation sites (tertiary alicyclic amines) is 1. The van der Waals surface area contributed by atoms with Crippen molar-refractivity contribution in [3.05, 3.63) is 30.1 Å². The largest absolute Gasteiger partial charge is 0.469 e. The van der Waals surface area contributed by atoms with E-state index in [1.807, 2.05) is 0 Å². The third-order valence-electron chi connectivity index (χ3n) is 5.38. The normalized spacial score (nSPS) is 24.8. The van der Waals surface area contributed by atoms with Crippen molar-refractivity contribution in [1.29, 1.82) is 0 Å². The predicted octanol–water partition coefficient (Wildman–Crippen LogP) is 1.86. The number of nitrogens with zero attached hydrogens (tertiary/aromatic N) is 2. The summed E-state index contributed by atoms with van der Waals surface area (Å²) in [6.45, 7) is 2.25. The lowest BCUT2D eigenvalue weighted by atomic mass is 9.98. The Balaban J connectivity index is 1.76. The number of methoxy groups -OCH3 is 1. The first kappa shape index (κ1) is 19.3. The molecule has 2 heterocycles. The monoisotopic (exact) mass is 384 g/mol. The number of esters is 1. The molecule has 0 bridgehead atoms. The molecule has 2 fully saturated rings. The molecule has 6 nitrogen and oxygen atoms in total. The van der Waals surface area contributed by atoms with Crippen LogP contribution in [0, 0.1) is 11.7 Å². The standard InChI is InChI=1S/C18H25FN2O4S/c1-25-18(22)8-10-20-9-3-2-5-14-12-21(13-17(14)20)26(23,24)16-7-4-6-15(19)11-16/h4,6-7,11,14,17H,2-3,5,8-10,12-13H2,1H3/t14-,17+/m0/s1. The molecule has 0 unspecified atom stereocenters. The van der Waals surface area contributed by atoms with E-state index in [1.54, 1.807) is 0 Å². The van der Waals surface area contributed by atoms with Gasteiger partial charge in [0.05, 0.1) is 18.4 Å². The highest BCUT2D eigenvalue weighted by atomic mass is 32.2. The maximum Gasteiger partial charge on any atom is 0.306 e. The zero-order chi connectivity index (χ0) is 18.7. The Hall–Kier alpha value is -1.51. The summed E-state index contributed by atoms with van der Waals surface area (Å²) < 4.78 is 45.5. The van der Waals surface area contributed by atoms with Gasteiger partial charge in [0.15, 0.2) is 0 Å². The third kappa shape index (κ3) is 4.07. The number of benzene rings is 1. The van der Waals surface area contributed by atoms with E-state index >= 15 is 0 Å². The van der Waals surface area contributed by atoms with Gasteiger partial charge in [-0.3, -0.25) is 9.69 Å². The fourth-order valence-electron chi connectivity index (χ4n) is 3.99.